The van der Waals surface area contributed by atoms with Gasteiger partial charge >= 0.3 is 0 Å². The van der Waals surface area contributed by atoms with Gasteiger partial charge in [-0.05, 0) is 50.2 Å². The molecule has 0 amide bonds. The van der Waals surface area contributed by atoms with Crippen LogP contribution in [0.15, 0.2) is 24.3 Å². The summed E-state index contributed by atoms with van der Waals surface area (Å²) in [6, 6.07) is 9.73. The fourth-order valence-electron chi connectivity index (χ4n) is 3.16. The molecule has 1 heterocycles. The van der Waals surface area contributed by atoms with E-state index in [1.807, 2.05) is 0 Å². The molecule has 2 unspecified atom stereocenters. The van der Waals surface area contributed by atoms with Crippen molar-refractivity contribution in [3.8, 4) is 0 Å². The molecule has 2 atom stereocenters. The third-order valence-corrected chi connectivity index (χ3v) is 4.42. The summed E-state index contributed by atoms with van der Waals surface area (Å²) in [5, 5.41) is 3.50. The van der Waals surface area contributed by atoms with E-state index in [9.17, 15) is 0 Å². The fraction of sp³-hybridized carbons (Fsp3) is 0.667. The lowest BCUT2D eigenvalue weighted by Crippen LogP contribution is -2.34. The minimum atomic E-state index is 0.664. The van der Waals surface area contributed by atoms with Crippen LogP contribution in [0.2, 0.25) is 0 Å². The van der Waals surface area contributed by atoms with E-state index >= 15 is 0 Å². The van der Waals surface area contributed by atoms with Crippen LogP contribution in [0.25, 0.3) is 0 Å². The van der Waals surface area contributed by atoms with Gasteiger partial charge in [0.15, 0.2) is 0 Å². The van der Waals surface area contributed by atoms with Gasteiger partial charge in [-0.3, -0.25) is 0 Å². The van der Waals surface area contributed by atoms with Crippen LogP contribution in [0.3, 0.4) is 0 Å². The highest BCUT2D eigenvalue weighted by Crippen LogP contribution is 2.26. The Labute approximate surface area is 130 Å². The predicted octanol–water partition coefficient (Wildman–Crippen LogP) is 2.82. The number of benzene rings is 1. The van der Waals surface area contributed by atoms with Crippen molar-refractivity contribution < 1.29 is 0 Å². The number of hydrogen-bond acceptors (Lipinski definition) is 3. The quantitative estimate of drug-likeness (QED) is 0.869. The summed E-state index contributed by atoms with van der Waals surface area (Å²) < 4.78 is 0. The molecule has 0 spiro atoms. The molecule has 0 saturated carbocycles. The second-order valence-electron chi connectivity index (χ2n) is 7.10. The average molecular weight is 289 g/mol. The van der Waals surface area contributed by atoms with Crippen LogP contribution >= 0.6 is 0 Å². The maximum Gasteiger partial charge on any atom is 0.0367 e. The first-order valence-corrected chi connectivity index (χ1v) is 8.18. The summed E-state index contributed by atoms with van der Waals surface area (Å²) in [6.45, 7) is 11.2. The van der Waals surface area contributed by atoms with Crippen molar-refractivity contribution >= 4 is 5.69 Å². The Bertz CT molecular complexity index is 425. The van der Waals surface area contributed by atoms with Crippen LogP contribution < -0.4 is 10.2 Å². The molecule has 1 N–H and O–H groups in total. The topological polar surface area (TPSA) is 18.5 Å². The van der Waals surface area contributed by atoms with Crippen LogP contribution in [0.5, 0.6) is 0 Å². The lowest BCUT2D eigenvalue weighted by atomic mass is 10.1. The molecule has 0 aliphatic carbocycles. The van der Waals surface area contributed by atoms with Crippen LogP contribution in [0.1, 0.15) is 26.3 Å². The molecule has 3 nitrogen and oxygen atoms in total. The zero-order valence-corrected chi connectivity index (χ0v) is 14.3. The number of rotatable bonds is 6. The van der Waals surface area contributed by atoms with Gasteiger partial charge in [-0.25, -0.2) is 0 Å². The molecule has 1 fully saturated rings. The Kier molecular flexibility index (Phi) is 5.65. The molecule has 118 valence electrons. The van der Waals surface area contributed by atoms with Gasteiger partial charge in [0.1, 0.15) is 0 Å². The Balaban J connectivity index is 1.90. The van der Waals surface area contributed by atoms with Gasteiger partial charge in [-0.15, -0.1) is 0 Å². The van der Waals surface area contributed by atoms with Crippen LogP contribution in [0.4, 0.5) is 5.69 Å². The Morgan fingerprint density at radius 3 is 2.38 bits per heavy atom. The van der Waals surface area contributed by atoms with Crippen molar-refractivity contribution in [2.24, 2.45) is 11.8 Å². The van der Waals surface area contributed by atoms with Crippen molar-refractivity contribution in [2.75, 3.05) is 38.6 Å². The van der Waals surface area contributed by atoms with E-state index in [-0.39, 0.29) is 0 Å². The van der Waals surface area contributed by atoms with Crippen LogP contribution in [-0.4, -0.2) is 44.7 Å². The van der Waals surface area contributed by atoms with Crippen molar-refractivity contribution in [3.05, 3.63) is 29.8 Å². The Hall–Kier alpha value is -1.06. The lowest BCUT2D eigenvalue weighted by Gasteiger charge is -2.23. The normalized spacial score (nSPS) is 22.5. The molecule has 1 aromatic rings. The third kappa shape index (κ3) is 4.45. The zero-order chi connectivity index (χ0) is 15.4. The monoisotopic (exact) mass is 289 g/mol. The minimum Gasteiger partial charge on any atom is -0.370 e. The molecule has 1 aliphatic heterocycles. The zero-order valence-electron chi connectivity index (χ0n) is 14.3. The van der Waals surface area contributed by atoms with Crippen molar-refractivity contribution in [3.63, 3.8) is 0 Å². The standard InChI is InChI=1S/C18H31N3/c1-14(2)10-19-11-16-6-8-17(9-7-16)21-12-15(3)18(13-21)20(4)5/h6-9,14-15,18-19H,10-13H2,1-5H3. The molecule has 0 radical (unpaired) electrons. The number of likely N-dealkylation sites (N-methyl/N-ethyl adjacent to an activating group) is 1. The van der Waals surface area contributed by atoms with Gasteiger partial charge in [0.25, 0.3) is 0 Å². The van der Waals surface area contributed by atoms with Gasteiger partial charge in [0.2, 0.25) is 0 Å². The number of anilines is 1. The van der Waals surface area contributed by atoms with Crippen molar-refractivity contribution in [1.82, 2.24) is 10.2 Å². The molecule has 1 aromatic carbocycles. The van der Waals surface area contributed by atoms with Crippen LogP contribution in [0, 0.1) is 11.8 Å². The van der Waals surface area contributed by atoms with E-state index in [0.29, 0.717) is 12.0 Å². The maximum absolute atomic E-state index is 3.50. The van der Waals surface area contributed by atoms with E-state index in [1.165, 1.54) is 11.3 Å². The SMILES string of the molecule is CC(C)CNCc1ccc(N2CC(C)C(N(C)C)C2)cc1. The molecule has 0 bridgehead atoms. The summed E-state index contributed by atoms with van der Waals surface area (Å²) in [7, 11) is 4.38. The highest BCUT2D eigenvalue weighted by atomic mass is 15.2. The highest BCUT2D eigenvalue weighted by Gasteiger charge is 2.30. The first-order chi connectivity index (χ1) is 9.97. The first kappa shape index (κ1) is 16.3. The fourth-order valence-corrected chi connectivity index (χ4v) is 3.16. The largest absolute Gasteiger partial charge is 0.370 e. The minimum absolute atomic E-state index is 0.664. The predicted molar refractivity (Wildman–Crippen MR) is 91.8 cm³/mol. The summed E-state index contributed by atoms with van der Waals surface area (Å²) in [4.78, 5) is 4.87. The van der Waals surface area contributed by atoms with E-state index < -0.39 is 0 Å². The third-order valence-electron chi connectivity index (χ3n) is 4.42. The van der Waals surface area contributed by atoms with E-state index in [1.54, 1.807) is 0 Å². The Morgan fingerprint density at radius 1 is 1.19 bits per heavy atom. The first-order valence-electron chi connectivity index (χ1n) is 8.18. The van der Waals surface area contributed by atoms with E-state index in [4.69, 9.17) is 0 Å². The van der Waals surface area contributed by atoms with Crippen LogP contribution in [-0.2, 0) is 6.54 Å². The molecule has 0 aromatic heterocycles. The molecule has 2 rings (SSSR count). The smallest absolute Gasteiger partial charge is 0.0367 e. The summed E-state index contributed by atoms with van der Waals surface area (Å²) >= 11 is 0. The van der Waals surface area contributed by atoms with Gasteiger partial charge in [0, 0.05) is 31.4 Å². The molecule has 1 aliphatic rings. The molecular formula is C18H31N3. The van der Waals surface area contributed by atoms with Crippen molar-refractivity contribution in [2.45, 2.75) is 33.4 Å². The maximum atomic E-state index is 3.50. The average Bonchev–Trinajstić information content (AvgIpc) is 2.81. The molecule has 1 saturated heterocycles. The molecule has 21 heavy (non-hydrogen) atoms. The molecular weight excluding hydrogens is 258 g/mol. The van der Waals surface area contributed by atoms with Crippen molar-refractivity contribution in [1.29, 1.82) is 0 Å². The summed E-state index contributed by atoms with van der Waals surface area (Å²) in [5.41, 5.74) is 2.73. The summed E-state index contributed by atoms with van der Waals surface area (Å²) in [5.74, 6) is 1.44. The lowest BCUT2D eigenvalue weighted by molar-refractivity contribution is 0.266. The molecule has 3 heteroatoms. The van der Waals surface area contributed by atoms with Gasteiger partial charge in [-0.2, -0.15) is 0 Å². The van der Waals surface area contributed by atoms with E-state index in [2.05, 4.69) is 74.2 Å². The number of hydrogen-bond donors (Lipinski definition) is 1. The highest BCUT2D eigenvalue weighted by molar-refractivity contribution is 5.49. The van der Waals surface area contributed by atoms with Gasteiger partial charge in [0.05, 0.1) is 0 Å². The Morgan fingerprint density at radius 2 is 1.86 bits per heavy atom. The van der Waals surface area contributed by atoms with Gasteiger partial charge < -0.3 is 15.1 Å². The number of nitrogens with one attached hydrogen (secondary N) is 1. The second kappa shape index (κ2) is 7.28. The number of nitrogens with zero attached hydrogens (tertiary/aromatic N) is 2. The van der Waals surface area contributed by atoms with E-state index in [0.717, 1.165) is 32.1 Å². The second-order valence-corrected chi connectivity index (χ2v) is 7.10. The summed E-state index contributed by atoms with van der Waals surface area (Å²) in [6.07, 6.45) is 0. The van der Waals surface area contributed by atoms with Gasteiger partial charge in [-0.1, -0.05) is 32.9 Å².